The van der Waals surface area contributed by atoms with Gasteiger partial charge in [-0.05, 0) is 57.8 Å². The first-order valence-electron chi connectivity index (χ1n) is 21.9. The number of hydrogen-bond acceptors (Lipinski definition) is 12. The van der Waals surface area contributed by atoms with E-state index in [0.29, 0.717) is 12.8 Å². The SMILES string of the molecule is CC/C=C\CC(O)C(O)/C=C/C=C\C=C\C=C\C(O)C/C=C/CCC(=O)OC(COC(=O)CCCCCCC/C=C\CCCCCCCC)COP(=O)(O)OCC(N)C(=O)O. The van der Waals surface area contributed by atoms with Gasteiger partial charge >= 0.3 is 25.7 Å². The highest BCUT2D eigenvalue weighted by molar-refractivity contribution is 7.47. The second-order valence-electron chi connectivity index (χ2n) is 14.7. The fraction of sp³-hybridized carbons (Fsp3) is 0.630. The number of unbranched alkanes of at least 4 members (excludes halogenated alkanes) is 11. The van der Waals surface area contributed by atoms with E-state index in [-0.39, 0.29) is 25.7 Å². The summed E-state index contributed by atoms with van der Waals surface area (Å²) in [6.45, 7) is 2.29. The minimum Gasteiger partial charge on any atom is -0.480 e. The summed E-state index contributed by atoms with van der Waals surface area (Å²) in [5.41, 5.74) is 5.31. The molecule has 0 aliphatic heterocycles. The number of nitrogens with two attached hydrogens (primary N) is 1. The Kier molecular flexibility index (Phi) is 37.2. The number of phosphoric acid groups is 1. The van der Waals surface area contributed by atoms with Crippen LogP contribution in [0.4, 0.5) is 0 Å². The average Bonchev–Trinajstić information content (AvgIpc) is 3.23. The van der Waals surface area contributed by atoms with Crippen molar-refractivity contribution in [3.63, 3.8) is 0 Å². The molecule has 0 heterocycles. The lowest BCUT2D eigenvalue weighted by Crippen LogP contribution is -2.34. The van der Waals surface area contributed by atoms with Gasteiger partial charge in [0.15, 0.2) is 6.10 Å². The minimum absolute atomic E-state index is 0.0854. The van der Waals surface area contributed by atoms with Gasteiger partial charge in [-0.1, -0.05) is 150 Å². The third-order valence-corrected chi connectivity index (χ3v) is 9.91. The van der Waals surface area contributed by atoms with E-state index in [9.17, 15) is 39.2 Å². The molecule has 0 fully saturated rings. The zero-order chi connectivity index (χ0) is 45.4. The fourth-order valence-corrected chi connectivity index (χ4v) is 6.13. The molecule has 0 saturated carbocycles. The first kappa shape index (κ1) is 57.5. The van der Waals surface area contributed by atoms with Crippen LogP contribution in [-0.4, -0.2) is 93.5 Å². The number of carbonyl (C=O) groups is 3. The predicted octanol–water partition coefficient (Wildman–Crippen LogP) is 8.41. The number of allylic oxidation sites excluding steroid dienone is 10. The van der Waals surface area contributed by atoms with Crippen LogP contribution in [0.25, 0.3) is 0 Å². The van der Waals surface area contributed by atoms with Gasteiger partial charge in [0.25, 0.3) is 0 Å². The molecule has 15 heteroatoms. The first-order valence-corrected chi connectivity index (χ1v) is 23.4. The maximum Gasteiger partial charge on any atom is 0.472 e. The molecule has 0 amide bonds. The molecule has 0 rings (SSSR count). The molecule has 0 aromatic rings. The Balaban J connectivity index is 4.71. The summed E-state index contributed by atoms with van der Waals surface area (Å²) in [5, 5.41) is 38.9. The number of hydrogen-bond donors (Lipinski definition) is 6. The summed E-state index contributed by atoms with van der Waals surface area (Å²) in [4.78, 5) is 45.9. The molecule has 0 aliphatic carbocycles. The van der Waals surface area contributed by atoms with Gasteiger partial charge in [-0.25, -0.2) is 4.57 Å². The van der Waals surface area contributed by atoms with Crippen molar-refractivity contribution in [1.29, 1.82) is 0 Å². The van der Waals surface area contributed by atoms with Crippen molar-refractivity contribution in [3.05, 3.63) is 85.1 Å². The standard InChI is InChI=1S/C46H76NO13P/c1-3-5-7-8-9-10-11-12-13-14-15-16-17-22-28-34-44(51)57-36-40(37-58-61(55,56)59-38-41(47)46(53)54)60-45(52)35-29-23-26-31-39(48)30-25-20-18-19-21-27-33-43(50)42(49)32-24-6-4-2/h6,12-13,18-21,23-27,30,33,39-43,48-50H,3-5,7-11,14-17,22,28-29,31-32,34-38,47H2,1-2H3,(H,53,54)(H,55,56)/b13-12-,20-18+,21-19-,24-6-,26-23+,30-25+,33-27+. The number of ether oxygens (including phenoxy) is 2. The molecule has 0 bridgehead atoms. The molecular weight excluding hydrogens is 805 g/mol. The molecule has 6 unspecified atom stereocenters. The van der Waals surface area contributed by atoms with Crippen LogP contribution in [0, 0.1) is 0 Å². The number of phosphoric ester groups is 1. The van der Waals surface area contributed by atoms with Crippen molar-refractivity contribution in [2.24, 2.45) is 5.73 Å². The van der Waals surface area contributed by atoms with Gasteiger partial charge in [-0.15, -0.1) is 0 Å². The number of carboxylic acids is 1. The third kappa shape index (κ3) is 38.0. The van der Waals surface area contributed by atoms with Crippen LogP contribution in [0.15, 0.2) is 85.1 Å². The maximum absolute atomic E-state index is 12.6. The molecule has 6 atom stereocenters. The van der Waals surface area contributed by atoms with Crippen LogP contribution < -0.4 is 5.73 Å². The molecule has 0 spiro atoms. The summed E-state index contributed by atoms with van der Waals surface area (Å²) in [6.07, 6.45) is 37.5. The number of rotatable bonds is 39. The Hall–Kier alpha value is -3.46. The van der Waals surface area contributed by atoms with Crippen molar-refractivity contribution >= 4 is 25.7 Å². The van der Waals surface area contributed by atoms with Crippen LogP contribution in [0.1, 0.15) is 136 Å². The van der Waals surface area contributed by atoms with E-state index in [2.05, 4.69) is 23.6 Å². The van der Waals surface area contributed by atoms with Gasteiger partial charge in [-0.3, -0.25) is 23.4 Å². The first-order chi connectivity index (χ1) is 29.3. The molecule has 61 heavy (non-hydrogen) atoms. The zero-order valence-electron chi connectivity index (χ0n) is 36.6. The van der Waals surface area contributed by atoms with Crippen molar-refractivity contribution in [2.75, 3.05) is 19.8 Å². The van der Waals surface area contributed by atoms with Crippen molar-refractivity contribution in [1.82, 2.24) is 0 Å². The molecule has 0 aromatic heterocycles. The summed E-state index contributed by atoms with van der Waals surface area (Å²) in [5.74, 6) is -2.66. The summed E-state index contributed by atoms with van der Waals surface area (Å²) < 4.78 is 32.5. The van der Waals surface area contributed by atoms with Crippen molar-refractivity contribution in [2.45, 2.75) is 166 Å². The second kappa shape index (κ2) is 39.4. The lowest BCUT2D eigenvalue weighted by molar-refractivity contribution is -0.161. The van der Waals surface area contributed by atoms with Crippen LogP contribution in [0.3, 0.4) is 0 Å². The van der Waals surface area contributed by atoms with E-state index in [1.165, 1.54) is 44.6 Å². The predicted molar refractivity (Wildman–Crippen MR) is 239 cm³/mol. The Morgan fingerprint density at radius 2 is 1.18 bits per heavy atom. The number of aliphatic hydroxyl groups is 3. The van der Waals surface area contributed by atoms with Crippen molar-refractivity contribution < 1.29 is 62.8 Å². The maximum atomic E-state index is 12.6. The van der Waals surface area contributed by atoms with E-state index in [1.807, 2.05) is 19.1 Å². The Morgan fingerprint density at radius 3 is 1.82 bits per heavy atom. The average molecular weight is 882 g/mol. The molecular formula is C46H76NO13P. The second-order valence-corrected chi connectivity index (χ2v) is 16.1. The van der Waals surface area contributed by atoms with E-state index < -0.39 is 76.0 Å². The molecule has 0 aliphatic rings. The van der Waals surface area contributed by atoms with Gasteiger partial charge in [0.2, 0.25) is 0 Å². The summed E-state index contributed by atoms with van der Waals surface area (Å²) >= 11 is 0. The Labute approximate surface area is 364 Å². The number of esters is 2. The third-order valence-electron chi connectivity index (χ3n) is 8.96. The molecule has 348 valence electrons. The van der Waals surface area contributed by atoms with E-state index in [1.54, 1.807) is 54.7 Å². The highest BCUT2D eigenvalue weighted by Gasteiger charge is 2.28. The van der Waals surface area contributed by atoms with E-state index >= 15 is 0 Å². The molecule has 0 saturated heterocycles. The highest BCUT2D eigenvalue weighted by atomic mass is 31.2. The van der Waals surface area contributed by atoms with Gasteiger partial charge < -0.3 is 40.5 Å². The van der Waals surface area contributed by atoms with Gasteiger partial charge in [0, 0.05) is 12.8 Å². The van der Waals surface area contributed by atoms with E-state index in [0.717, 1.165) is 44.9 Å². The molecule has 14 nitrogen and oxygen atoms in total. The fourth-order valence-electron chi connectivity index (χ4n) is 5.35. The van der Waals surface area contributed by atoms with Gasteiger partial charge in [0.1, 0.15) is 12.6 Å². The monoisotopic (exact) mass is 882 g/mol. The summed E-state index contributed by atoms with van der Waals surface area (Å²) in [6, 6.07) is -1.57. The smallest absolute Gasteiger partial charge is 0.472 e. The Bertz CT molecular complexity index is 1410. The van der Waals surface area contributed by atoms with Crippen LogP contribution in [-0.2, 0) is 37.5 Å². The molecule has 0 radical (unpaired) electrons. The van der Waals surface area contributed by atoms with E-state index in [4.69, 9.17) is 24.8 Å². The normalized spacial score (nSPS) is 16.0. The number of aliphatic carboxylic acids is 1. The minimum atomic E-state index is -4.79. The number of carboxylic acid groups (broad SMARTS) is 1. The lowest BCUT2D eigenvalue weighted by atomic mass is 10.1. The highest BCUT2D eigenvalue weighted by Crippen LogP contribution is 2.43. The zero-order valence-corrected chi connectivity index (χ0v) is 37.4. The van der Waals surface area contributed by atoms with Gasteiger partial charge in [0.05, 0.1) is 31.5 Å². The largest absolute Gasteiger partial charge is 0.480 e. The topological polar surface area (TPSA) is 232 Å². The lowest BCUT2D eigenvalue weighted by Gasteiger charge is -2.20. The van der Waals surface area contributed by atoms with Crippen LogP contribution in [0.5, 0.6) is 0 Å². The van der Waals surface area contributed by atoms with Crippen molar-refractivity contribution in [3.8, 4) is 0 Å². The Morgan fingerprint density at radius 1 is 0.623 bits per heavy atom. The quantitative estimate of drug-likeness (QED) is 0.0112. The number of carbonyl (C=O) groups excluding carboxylic acids is 2. The van der Waals surface area contributed by atoms with Crippen LogP contribution in [0.2, 0.25) is 0 Å². The molecule has 7 N–H and O–H groups in total. The van der Waals surface area contributed by atoms with Crippen LogP contribution >= 0.6 is 7.82 Å². The van der Waals surface area contributed by atoms with Gasteiger partial charge in [-0.2, -0.15) is 0 Å². The summed E-state index contributed by atoms with van der Waals surface area (Å²) in [7, 11) is -4.79. The number of aliphatic hydroxyl groups excluding tert-OH is 3. The molecule has 0 aromatic carbocycles.